The summed E-state index contributed by atoms with van der Waals surface area (Å²) in [4.78, 5) is 13.1. The molecule has 2 heterocycles. The fourth-order valence-corrected chi connectivity index (χ4v) is 1.77. The van der Waals surface area contributed by atoms with Crippen LogP contribution in [0.4, 0.5) is 5.82 Å². The molecule has 0 aliphatic carbocycles. The Hall–Kier alpha value is -1.72. The Kier molecular flexibility index (Phi) is 3.68. The summed E-state index contributed by atoms with van der Waals surface area (Å²) in [5.41, 5.74) is 3.84. The summed E-state index contributed by atoms with van der Waals surface area (Å²) >= 11 is 6.13. The van der Waals surface area contributed by atoms with E-state index in [2.05, 4.69) is 41.1 Å². The second-order valence-corrected chi connectivity index (χ2v) is 5.60. The molecule has 0 aliphatic heterocycles. The lowest BCUT2D eigenvalue weighted by molar-refractivity contribution is 0.568. The van der Waals surface area contributed by atoms with Crippen molar-refractivity contribution in [2.75, 3.05) is 5.43 Å². The van der Waals surface area contributed by atoms with E-state index in [9.17, 15) is 0 Å². The molecule has 0 amide bonds. The van der Waals surface area contributed by atoms with Gasteiger partial charge in [0.25, 0.3) is 0 Å². The first kappa shape index (κ1) is 13.7. The van der Waals surface area contributed by atoms with Gasteiger partial charge >= 0.3 is 0 Å². The second kappa shape index (κ2) is 5.11. The predicted octanol–water partition coefficient (Wildman–Crippen LogP) is 2.78. The standard InChI is InChI=1S/C13H16ClN5/c1-13(2,3)9-7-10(19-15)18-12(17-9)11-8(14)5-4-6-16-11/h4-7H,15H2,1-3H3,(H,17,18,19). The normalized spacial score (nSPS) is 11.4. The van der Waals surface area contributed by atoms with Crippen molar-refractivity contribution in [3.8, 4) is 11.5 Å². The molecule has 0 bridgehead atoms. The zero-order valence-corrected chi connectivity index (χ0v) is 11.9. The molecule has 0 aliphatic rings. The minimum atomic E-state index is -0.120. The van der Waals surface area contributed by atoms with Crippen molar-refractivity contribution in [3.05, 3.63) is 35.1 Å². The van der Waals surface area contributed by atoms with Crippen molar-refractivity contribution < 1.29 is 0 Å². The van der Waals surface area contributed by atoms with E-state index in [1.807, 2.05) is 6.07 Å². The van der Waals surface area contributed by atoms with Crippen LogP contribution in [0.5, 0.6) is 0 Å². The van der Waals surface area contributed by atoms with Crippen molar-refractivity contribution in [3.63, 3.8) is 0 Å². The number of hydrazine groups is 1. The highest BCUT2D eigenvalue weighted by molar-refractivity contribution is 6.32. The van der Waals surface area contributed by atoms with Crippen molar-refractivity contribution >= 4 is 17.4 Å². The van der Waals surface area contributed by atoms with Gasteiger partial charge < -0.3 is 5.43 Å². The molecule has 2 rings (SSSR count). The van der Waals surface area contributed by atoms with E-state index in [1.165, 1.54) is 0 Å². The van der Waals surface area contributed by atoms with Crippen molar-refractivity contribution in [2.24, 2.45) is 5.84 Å². The topological polar surface area (TPSA) is 76.7 Å². The van der Waals surface area contributed by atoms with E-state index in [-0.39, 0.29) is 5.41 Å². The largest absolute Gasteiger partial charge is 0.308 e. The lowest BCUT2D eigenvalue weighted by Gasteiger charge is -2.19. The van der Waals surface area contributed by atoms with Crippen LogP contribution in [0.15, 0.2) is 24.4 Å². The van der Waals surface area contributed by atoms with Crippen LogP contribution in [0.3, 0.4) is 0 Å². The Balaban J connectivity index is 2.61. The minimum Gasteiger partial charge on any atom is -0.308 e. The lowest BCUT2D eigenvalue weighted by atomic mass is 9.92. The number of nitrogen functional groups attached to an aromatic ring is 1. The molecule has 0 radical (unpaired) electrons. The summed E-state index contributed by atoms with van der Waals surface area (Å²) in [5.74, 6) is 6.46. The highest BCUT2D eigenvalue weighted by Crippen LogP contribution is 2.27. The monoisotopic (exact) mass is 277 g/mol. The lowest BCUT2D eigenvalue weighted by Crippen LogP contribution is -2.17. The average Bonchev–Trinajstić information content (AvgIpc) is 2.37. The first-order valence-corrected chi connectivity index (χ1v) is 6.26. The third kappa shape index (κ3) is 3.00. The van der Waals surface area contributed by atoms with Crippen molar-refractivity contribution in [2.45, 2.75) is 26.2 Å². The number of aromatic nitrogens is 3. The zero-order chi connectivity index (χ0) is 14.0. The maximum Gasteiger partial charge on any atom is 0.182 e. The minimum absolute atomic E-state index is 0.120. The molecule has 6 heteroatoms. The van der Waals surface area contributed by atoms with Gasteiger partial charge in [-0.2, -0.15) is 0 Å². The first-order valence-electron chi connectivity index (χ1n) is 5.89. The van der Waals surface area contributed by atoms with Crippen LogP contribution in [0.25, 0.3) is 11.5 Å². The van der Waals surface area contributed by atoms with Gasteiger partial charge in [-0.05, 0) is 12.1 Å². The van der Waals surface area contributed by atoms with Gasteiger partial charge in [-0.3, -0.25) is 4.98 Å². The van der Waals surface area contributed by atoms with E-state index < -0.39 is 0 Å². The number of anilines is 1. The maximum absolute atomic E-state index is 6.13. The molecule has 2 aromatic heterocycles. The van der Waals surface area contributed by atoms with Crippen LogP contribution in [0.2, 0.25) is 5.02 Å². The number of nitrogens with two attached hydrogens (primary N) is 1. The summed E-state index contributed by atoms with van der Waals surface area (Å²) in [6.45, 7) is 6.21. The second-order valence-electron chi connectivity index (χ2n) is 5.19. The average molecular weight is 278 g/mol. The molecule has 2 aromatic rings. The number of hydrogen-bond acceptors (Lipinski definition) is 5. The first-order chi connectivity index (χ1) is 8.91. The molecule has 0 fully saturated rings. The third-order valence-corrected chi connectivity index (χ3v) is 2.92. The van der Waals surface area contributed by atoms with Crippen LogP contribution < -0.4 is 11.3 Å². The molecule has 19 heavy (non-hydrogen) atoms. The van der Waals surface area contributed by atoms with Gasteiger partial charge in [-0.15, -0.1) is 0 Å². The molecular formula is C13H16ClN5. The van der Waals surface area contributed by atoms with E-state index in [4.69, 9.17) is 17.4 Å². The van der Waals surface area contributed by atoms with Gasteiger partial charge in [0.1, 0.15) is 11.5 Å². The number of nitrogens with one attached hydrogen (secondary N) is 1. The molecule has 0 unspecified atom stereocenters. The number of rotatable bonds is 2. The summed E-state index contributed by atoms with van der Waals surface area (Å²) in [6, 6.07) is 5.34. The Morgan fingerprint density at radius 2 is 2.00 bits per heavy atom. The van der Waals surface area contributed by atoms with E-state index >= 15 is 0 Å². The van der Waals surface area contributed by atoms with Gasteiger partial charge in [-0.25, -0.2) is 15.8 Å². The van der Waals surface area contributed by atoms with Gasteiger partial charge in [0.2, 0.25) is 0 Å². The highest BCUT2D eigenvalue weighted by atomic mass is 35.5. The van der Waals surface area contributed by atoms with Gasteiger partial charge in [0.05, 0.1) is 10.7 Å². The molecule has 5 nitrogen and oxygen atoms in total. The predicted molar refractivity (Wildman–Crippen MR) is 76.8 cm³/mol. The Labute approximate surface area is 117 Å². The van der Waals surface area contributed by atoms with Crippen molar-refractivity contribution in [1.29, 1.82) is 0 Å². The van der Waals surface area contributed by atoms with E-state index in [0.717, 1.165) is 5.69 Å². The van der Waals surface area contributed by atoms with Crippen LogP contribution in [0.1, 0.15) is 26.5 Å². The van der Waals surface area contributed by atoms with Crippen molar-refractivity contribution in [1.82, 2.24) is 15.0 Å². The molecule has 0 saturated heterocycles. The van der Waals surface area contributed by atoms with Gasteiger partial charge in [-0.1, -0.05) is 32.4 Å². The SMILES string of the molecule is CC(C)(C)c1cc(NN)nc(-c2ncccc2Cl)n1. The van der Waals surface area contributed by atoms with Crippen LogP contribution in [-0.4, -0.2) is 15.0 Å². The molecule has 0 saturated carbocycles. The van der Waals surface area contributed by atoms with Gasteiger partial charge in [0, 0.05) is 17.7 Å². The van der Waals surface area contributed by atoms with Crippen LogP contribution >= 0.6 is 11.6 Å². The summed E-state index contributed by atoms with van der Waals surface area (Å²) in [7, 11) is 0. The molecule has 3 N–H and O–H groups in total. The molecular weight excluding hydrogens is 262 g/mol. The highest BCUT2D eigenvalue weighted by Gasteiger charge is 2.19. The van der Waals surface area contributed by atoms with Crippen LogP contribution in [0, 0.1) is 0 Å². The van der Waals surface area contributed by atoms with Gasteiger partial charge in [0.15, 0.2) is 5.82 Å². The fraction of sp³-hybridized carbons (Fsp3) is 0.308. The number of halogens is 1. The zero-order valence-electron chi connectivity index (χ0n) is 11.1. The fourth-order valence-electron chi connectivity index (χ4n) is 1.56. The smallest absolute Gasteiger partial charge is 0.182 e. The number of pyridine rings is 1. The quantitative estimate of drug-likeness (QED) is 0.652. The van der Waals surface area contributed by atoms with E-state index in [0.29, 0.717) is 22.4 Å². The maximum atomic E-state index is 6.13. The third-order valence-electron chi connectivity index (χ3n) is 2.61. The Bertz CT molecular complexity index is 592. The Morgan fingerprint density at radius 1 is 1.26 bits per heavy atom. The molecule has 0 spiro atoms. The Morgan fingerprint density at radius 3 is 2.58 bits per heavy atom. The molecule has 0 atom stereocenters. The van der Waals surface area contributed by atoms with E-state index in [1.54, 1.807) is 18.3 Å². The van der Waals surface area contributed by atoms with Crippen LogP contribution in [-0.2, 0) is 5.41 Å². The summed E-state index contributed by atoms with van der Waals surface area (Å²) in [6.07, 6.45) is 1.66. The molecule has 0 aromatic carbocycles. The summed E-state index contributed by atoms with van der Waals surface area (Å²) < 4.78 is 0. The summed E-state index contributed by atoms with van der Waals surface area (Å²) in [5, 5.41) is 0.511. The number of nitrogens with zero attached hydrogens (tertiary/aromatic N) is 3. The molecule has 100 valence electrons. The number of hydrogen-bond donors (Lipinski definition) is 2.